The van der Waals surface area contributed by atoms with Gasteiger partial charge in [0, 0.05) is 27.3 Å². The maximum absolute atomic E-state index is 14.3. The highest BCUT2D eigenvalue weighted by molar-refractivity contribution is 9.09. The Morgan fingerprint density at radius 2 is 1.89 bits per heavy atom. The van der Waals surface area contributed by atoms with Crippen LogP contribution < -0.4 is 10.6 Å². The molecule has 3 saturated heterocycles. The molecule has 5 rings (SSSR count). The number of rotatable bonds is 9. The SMILES string of the molecule is CCCNC(=O)[C@H]1[C@@H]2SC3(CC2Br)C(C(=O)Nc2ccc(Cl)cc2)N([C@@H](CO)Cc2ccccc2)C(=O)[C@H]13. The van der Waals surface area contributed by atoms with Crippen LogP contribution in [0.3, 0.4) is 0 Å². The predicted molar refractivity (Wildman–Crippen MR) is 153 cm³/mol. The minimum absolute atomic E-state index is 0.0126. The number of nitrogens with zero attached hydrogens (tertiary/aromatic N) is 1. The Kier molecular flexibility index (Phi) is 8.10. The molecule has 0 aliphatic carbocycles. The van der Waals surface area contributed by atoms with E-state index in [1.165, 1.54) is 0 Å². The molecule has 1 spiro atoms. The molecule has 0 aromatic heterocycles. The van der Waals surface area contributed by atoms with Gasteiger partial charge in [-0.1, -0.05) is 64.8 Å². The molecular formula is C28H31BrClN3O4S. The number of nitrogens with one attached hydrogen (secondary N) is 2. The number of aliphatic hydroxyl groups excluding tert-OH is 1. The molecule has 7 atom stereocenters. The number of fused-ring (bicyclic) bond motifs is 1. The minimum Gasteiger partial charge on any atom is -0.394 e. The number of likely N-dealkylation sites (tertiary alicyclic amines) is 1. The van der Waals surface area contributed by atoms with E-state index in [0.29, 0.717) is 30.1 Å². The third-order valence-corrected chi connectivity index (χ3v) is 11.3. The van der Waals surface area contributed by atoms with E-state index in [4.69, 9.17) is 11.6 Å². The normalized spacial score (nSPS) is 30.3. The summed E-state index contributed by atoms with van der Waals surface area (Å²) in [4.78, 5) is 43.3. The number of hydrogen-bond acceptors (Lipinski definition) is 5. The van der Waals surface area contributed by atoms with Gasteiger partial charge in [0.2, 0.25) is 17.7 Å². The summed E-state index contributed by atoms with van der Waals surface area (Å²) in [7, 11) is 0. The zero-order valence-corrected chi connectivity index (χ0v) is 24.1. The first-order valence-corrected chi connectivity index (χ1v) is 15.1. The monoisotopic (exact) mass is 619 g/mol. The molecule has 7 nitrogen and oxygen atoms in total. The van der Waals surface area contributed by atoms with Gasteiger partial charge in [-0.05, 0) is 49.1 Å². The predicted octanol–water partition coefficient (Wildman–Crippen LogP) is 3.87. The van der Waals surface area contributed by atoms with Gasteiger partial charge in [-0.3, -0.25) is 14.4 Å². The molecule has 3 unspecified atom stereocenters. The quantitative estimate of drug-likeness (QED) is 0.370. The van der Waals surface area contributed by atoms with Crippen LogP contribution in [0.5, 0.6) is 0 Å². The Hall–Kier alpha value is -2.07. The van der Waals surface area contributed by atoms with Gasteiger partial charge in [0.25, 0.3) is 0 Å². The van der Waals surface area contributed by atoms with Crippen LogP contribution in [0.2, 0.25) is 5.02 Å². The number of alkyl halides is 1. The Labute approximate surface area is 240 Å². The van der Waals surface area contributed by atoms with E-state index in [1.807, 2.05) is 37.3 Å². The molecule has 0 radical (unpaired) electrons. The second-order valence-corrected chi connectivity index (χ2v) is 13.4. The largest absolute Gasteiger partial charge is 0.394 e. The third-order valence-electron chi connectivity index (χ3n) is 7.86. The Morgan fingerprint density at radius 3 is 2.55 bits per heavy atom. The van der Waals surface area contributed by atoms with Crippen molar-refractivity contribution in [2.45, 2.75) is 53.1 Å². The van der Waals surface area contributed by atoms with E-state index in [-0.39, 0.29) is 34.4 Å². The highest BCUT2D eigenvalue weighted by atomic mass is 79.9. The number of carbonyl (C=O) groups excluding carboxylic acids is 3. The molecule has 0 saturated carbocycles. The van der Waals surface area contributed by atoms with Gasteiger partial charge in [-0.25, -0.2) is 0 Å². The maximum atomic E-state index is 14.3. The summed E-state index contributed by atoms with van der Waals surface area (Å²) in [5.74, 6) is -1.89. The second-order valence-electron chi connectivity index (χ2n) is 10.2. The number of thioether (sulfide) groups is 1. The molecule has 3 amide bonds. The van der Waals surface area contributed by atoms with Crippen LogP contribution in [0.15, 0.2) is 54.6 Å². The van der Waals surface area contributed by atoms with Gasteiger partial charge in [0.1, 0.15) is 6.04 Å². The molecule has 3 aliphatic heterocycles. The molecule has 2 aromatic carbocycles. The first kappa shape index (κ1) is 27.5. The van der Waals surface area contributed by atoms with Gasteiger partial charge in [-0.2, -0.15) is 0 Å². The standard InChI is InChI=1S/C28H31BrClN3O4S/c1-2-12-31-25(35)21-22-27(37)33(19(15-34)13-16-6-4-3-5-7-16)24(28(22)14-20(29)23(21)38-28)26(36)32-18-10-8-17(30)9-11-18/h3-11,19-24,34H,2,12-15H2,1H3,(H,31,35)(H,32,36)/t19-,20?,21-,22+,23-,24?,28?/m1/s1. The smallest absolute Gasteiger partial charge is 0.248 e. The van der Waals surface area contributed by atoms with Gasteiger partial charge in [0.15, 0.2) is 0 Å². The molecular weight excluding hydrogens is 590 g/mol. The van der Waals surface area contributed by atoms with Crippen molar-refractivity contribution in [2.75, 3.05) is 18.5 Å². The average molecular weight is 621 g/mol. The van der Waals surface area contributed by atoms with E-state index >= 15 is 0 Å². The number of hydrogen-bond donors (Lipinski definition) is 3. The van der Waals surface area contributed by atoms with Crippen molar-refractivity contribution in [3.8, 4) is 0 Å². The van der Waals surface area contributed by atoms with Crippen LogP contribution in [-0.2, 0) is 20.8 Å². The topological polar surface area (TPSA) is 98.7 Å². The van der Waals surface area contributed by atoms with Crippen LogP contribution in [0.25, 0.3) is 0 Å². The Morgan fingerprint density at radius 1 is 1.18 bits per heavy atom. The molecule has 3 fully saturated rings. The maximum Gasteiger partial charge on any atom is 0.248 e. The summed E-state index contributed by atoms with van der Waals surface area (Å²) in [5.41, 5.74) is 1.53. The lowest BCUT2D eigenvalue weighted by Gasteiger charge is -2.37. The van der Waals surface area contributed by atoms with Crippen molar-refractivity contribution in [2.24, 2.45) is 11.8 Å². The van der Waals surface area contributed by atoms with Crippen molar-refractivity contribution >= 4 is 62.7 Å². The van der Waals surface area contributed by atoms with Crippen LogP contribution in [-0.4, -0.2) is 67.8 Å². The van der Waals surface area contributed by atoms with Gasteiger partial charge >= 0.3 is 0 Å². The lowest BCUT2D eigenvalue weighted by atomic mass is 9.70. The van der Waals surface area contributed by atoms with Crippen molar-refractivity contribution in [3.05, 3.63) is 65.2 Å². The van der Waals surface area contributed by atoms with E-state index in [2.05, 4.69) is 26.6 Å². The van der Waals surface area contributed by atoms with Gasteiger partial charge in [-0.15, -0.1) is 11.8 Å². The average Bonchev–Trinajstić information content (AvgIpc) is 3.51. The lowest BCUT2D eigenvalue weighted by Crippen LogP contribution is -2.55. The molecule has 3 N–H and O–H groups in total. The number of halogens is 2. The van der Waals surface area contributed by atoms with E-state index < -0.39 is 28.7 Å². The van der Waals surface area contributed by atoms with Crippen molar-refractivity contribution in [1.29, 1.82) is 0 Å². The van der Waals surface area contributed by atoms with E-state index in [9.17, 15) is 19.5 Å². The van der Waals surface area contributed by atoms with E-state index in [1.54, 1.807) is 40.9 Å². The number of aliphatic hydroxyl groups is 1. The first-order valence-electron chi connectivity index (χ1n) is 12.9. The highest BCUT2D eigenvalue weighted by Gasteiger charge is 2.76. The van der Waals surface area contributed by atoms with Gasteiger partial charge < -0.3 is 20.6 Å². The molecule has 2 aromatic rings. The van der Waals surface area contributed by atoms with Crippen molar-refractivity contribution in [1.82, 2.24) is 10.2 Å². The summed E-state index contributed by atoms with van der Waals surface area (Å²) in [5, 5.41) is 16.9. The van der Waals surface area contributed by atoms with Crippen LogP contribution >= 0.6 is 39.3 Å². The number of carbonyl (C=O) groups is 3. The minimum atomic E-state index is -0.851. The third kappa shape index (κ3) is 4.76. The number of benzene rings is 2. The fraction of sp³-hybridized carbons (Fsp3) is 0.464. The first-order chi connectivity index (χ1) is 18.3. The number of amides is 3. The van der Waals surface area contributed by atoms with Crippen molar-refractivity contribution in [3.63, 3.8) is 0 Å². The molecule has 38 heavy (non-hydrogen) atoms. The lowest BCUT2D eigenvalue weighted by molar-refractivity contribution is -0.142. The molecule has 2 bridgehead atoms. The van der Waals surface area contributed by atoms with E-state index in [0.717, 1.165) is 12.0 Å². The summed E-state index contributed by atoms with van der Waals surface area (Å²) < 4.78 is -0.787. The van der Waals surface area contributed by atoms with Crippen LogP contribution in [0, 0.1) is 11.8 Å². The molecule has 10 heteroatoms. The summed E-state index contributed by atoms with van der Waals surface area (Å²) >= 11 is 11.4. The zero-order chi connectivity index (χ0) is 27.0. The van der Waals surface area contributed by atoms with Crippen LogP contribution in [0.1, 0.15) is 25.3 Å². The molecule has 3 heterocycles. The highest BCUT2D eigenvalue weighted by Crippen LogP contribution is 2.68. The fourth-order valence-electron chi connectivity index (χ4n) is 6.31. The zero-order valence-electron chi connectivity index (χ0n) is 21.0. The summed E-state index contributed by atoms with van der Waals surface area (Å²) in [6.07, 6.45) is 1.77. The number of anilines is 1. The fourth-order valence-corrected chi connectivity index (χ4v) is 10.0. The summed E-state index contributed by atoms with van der Waals surface area (Å²) in [6, 6.07) is 15.0. The Bertz CT molecular complexity index is 1200. The van der Waals surface area contributed by atoms with Crippen LogP contribution in [0.4, 0.5) is 5.69 Å². The Balaban J connectivity index is 1.54. The summed E-state index contributed by atoms with van der Waals surface area (Å²) in [6.45, 7) is 2.22. The second kappa shape index (κ2) is 11.2. The molecule has 3 aliphatic rings. The van der Waals surface area contributed by atoms with Crippen molar-refractivity contribution < 1.29 is 19.5 Å². The van der Waals surface area contributed by atoms with Gasteiger partial charge in [0.05, 0.1) is 29.2 Å². The molecule has 202 valence electrons.